The van der Waals surface area contributed by atoms with Crippen LogP contribution in [-0.2, 0) is 0 Å². The highest BCUT2D eigenvalue weighted by Crippen LogP contribution is 2.14. The molecule has 0 saturated heterocycles. The van der Waals surface area contributed by atoms with Crippen molar-refractivity contribution in [2.75, 3.05) is 0 Å². The zero-order chi connectivity index (χ0) is 14.5. The maximum absolute atomic E-state index is 11.8. The highest BCUT2D eigenvalue weighted by atomic mass is 79.9. The molecule has 0 aliphatic heterocycles. The van der Waals surface area contributed by atoms with E-state index in [1.54, 1.807) is 12.1 Å². The van der Waals surface area contributed by atoms with E-state index in [2.05, 4.69) is 26.6 Å². The molecular formula is C14H13BrN2O2S. The van der Waals surface area contributed by atoms with E-state index in [9.17, 15) is 4.79 Å². The number of furan rings is 1. The third kappa shape index (κ3) is 3.91. The van der Waals surface area contributed by atoms with E-state index < -0.39 is 0 Å². The molecule has 0 saturated carbocycles. The molecule has 0 aliphatic rings. The lowest BCUT2D eigenvalue weighted by Gasteiger charge is -2.16. The number of carbonyl (C=O) groups excluding carboxylic acids is 1. The molecule has 0 radical (unpaired) electrons. The molecule has 1 atom stereocenters. The maximum atomic E-state index is 11.8. The smallest absolute Gasteiger partial charge is 0.293 e. The third-order valence-electron chi connectivity index (χ3n) is 2.67. The van der Waals surface area contributed by atoms with Gasteiger partial charge in [0.05, 0.1) is 6.04 Å². The first-order chi connectivity index (χ1) is 9.56. The lowest BCUT2D eigenvalue weighted by Crippen LogP contribution is -2.40. The van der Waals surface area contributed by atoms with Crippen LogP contribution in [0.5, 0.6) is 0 Å². The van der Waals surface area contributed by atoms with Crippen molar-refractivity contribution in [3.05, 3.63) is 58.5 Å². The van der Waals surface area contributed by atoms with Gasteiger partial charge >= 0.3 is 0 Å². The highest BCUT2D eigenvalue weighted by Gasteiger charge is 2.13. The summed E-state index contributed by atoms with van der Waals surface area (Å²) in [5, 5.41) is 5.89. The van der Waals surface area contributed by atoms with Crippen molar-refractivity contribution in [2.24, 2.45) is 0 Å². The predicted molar refractivity (Wildman–Crippen MR) is 84.5 cm³/mol. The minimum Gasteiger partial charge on any atom is -0.444 e. The molecule has 1 aromatic carbocycles. The molecule has 1 aromatic heterocycles. The van der Waals surface area contributed by atoms with Gasteiger partial charge in [0.25, 0.3) is 5.91 Å². The van der Waals surface area contributed by atoms with Crippen LogP contribution in [0.25, 0.3) is 0 Å². The van der Waals surface area contributed by atoms with Crippen molar-refractivity contribution >= 4 is 39.2 Å². The zero-order valence-corrected chi connectivity index (χ0v) is 13.1. The van der Waals surface area contributed by atoms with Crippen LogP contribution in [0.15, 0.2) is 51.6 Å². The van der Waals surface area contributed by atoms with Crippen LogP contribution in [0.3, 0.4) is 0 Å². The molecule has 1 heterocycles. The molecule has 20 heavy (non-hydrogen) atoms. The zero-order valence-electron chi connectivity index (χ0n) is 10.7. The Morgan fingerprint density at radius 3 is 2.55 bits per heavy atom. The number of benzene rings is 1. The Bertz CT molecular complexity index is 613. The molecule has 1 unspecified atom stereocenters. The number of amides is 1. The Hall–Kier alpha value is -1.66. The number of nitrogens with one attached hydrogen (secondary N) is 2. The molecule has 0 aliphatic carbocycles. The van der Waals surface area contributed by atoms with Crippen LogP contribution in [0.4, 0.5) is 0 Å². The average molecular weight is 353 g/mol. The Morgan fingerprint density at radius 1 is 1.25 bits per heavy atom. The fraction of sp³-hybridized carbons (Fsp3) is 0.143. The first kappa shape index (κ1) is 14.7. The van der Waals surface area contributed by atoms with Crippen molar-refractivity contribution in [3.63, 3.8) is 0 Å². The van der Waals surface area contributed by atoms with Crippen LogP contribution < -0.4 is 10.6 Å². The average Bonchev–Trinajstić information content (AvgIpc) is 2.86. The van der Waals surface area contributed by atoms with Crippen LogP contribution >= 0.6 is 28.1 Å². The fourth-order valence-corrected chi connectivity index (χ4v) is 2.23. The molecule has 0 spiro atoms. The van der Waals surface area contributed by atoms with E-state index in [-0.39, 0.29) is 22.8 Å². The Labute approximate surface area is 130 Å². The van der Waals surface area contributed by atoms with Crippen molar-refractivity contribution in [1.82, 2.24) is 10.6 Å². The summed E-state index contributed by atoms with van der Waals surface area (Å²) in [5.74, 6) is -0.179. The van der Waals surface area contributed by atoms with Gasteiger partial charge in [0, 0.05) is 0 Å². The molecule has 2 rings (SSSR count). The number of carbonyl (C=O) groups is 1. The number of hydrogen-bond donors (Lipinski definition) is 2. The van der Waals surface area contributed by atoms with Crippen LogP contribution in [0.1, 0.15) is 29.1 Å². The van der Waals surface area contributed by atoms with E-state index in [1.165, 1.54) is 0 Å². The van der Waals surface area contributed by atoms with Gasteiger partial charge in [-0.25, -0.2) is 0 Å². The van der Waals surface area contributed by atoms with Crippen molar-refractivity contribution < 1.29 is 9.21 Å². The second-order valence-corrected chi connectivity index (χ2v) is 5.35. The fourth-order valence-electron chi connectivity index (χ4n) is 1.66. The minimum atomic E-state index is -0.381. The van der Waals surface area contributed by atoms with Crippen LogP contribution in [0.2, 0.25) is 0 Å². The summed E-state index contributed by atoms with van der Waals surface area (Å²) in [7, 11) is 0. The lowest BCUT2D eigenvalue weighted by atomic mass is 10.1. The summed E-state index contributed by atoms with van der Waals surface area (Å²) in [6.45, 7) is 1.97. The van der Waals surface area contributed by atoms with Gasteiger partial charge in [0.1, 0.15) is 0 Å². The number of rotatable bonds is 3. The normalized spacial score (nSPS) is 11.7. The molecule has 104 valence electrons. The SMILES string of the molecule is CC(NC(=S)NC(=O)c1ccc(Br)o1)c1ccccc1. The molecule has 4 nitrogen and oxygen atoms in total. The van der Waals surface area contributed by atoms with E-state index in [4.69, 9.17) is 16.6 Å². The van der Waals surface area contributed by atoms with Gasteiger partial charge in [0.15, 0.2) is 15.5 Å². The largest absolute Gasteiger partial charge is 0.444 e. The van der Waals surface area contributed by atoms with Gasteiger partial charge in [-0.15, -0.1) is 0 Å². The monoisotopic (exact) mass is 352 g/mol. The third-order valence-corrected chi connectivity index (χ3v) is 3.32. The Morgan fingerprint density at radius 2 is 1.95 bits per heavy atom. The van der Waals surface area contributed by atoms with E-state index in [0.29, 0.717) is 4.67 Å². The summed E-state index contributed by atoms with van der Waals surface area (Å²) < 4.78 is 5.65. The van der Waals surface area contributed by atoms with Gasteiger partial charge < -0.3 is 9.73 Å². The van der Waals surface area contributed by atoms with Crippen molar-refractivity contribution in [2.45, 2.75) is 13.0 Å². The lowest BCUT2D eigenvalue weighted by molar-refractivity contribution is 0.0948. The second-order valence-electron chi connectivity index (χ2n) is 4.16. The number of halogens is 1. The summed E-state index contributed by atoms with van der Waals surface area (Å²) in [4.78, 5) is 11.8. The second kappa shape index (κ2) is 6.67. The first-order valence-corrected chi connectivity index (χ1v) is 7.18. The van der Waals surface area contributed by atoms with Gasteiger partial charge in [-0.1, -0.05) is 30.3 Å². The summed E-state index contributed by atoms with van der Waals surface area (Å²) >= 11 is 8.26. The minimum absolute atomic E-state index is 0.00679. The molecule has 0 fully saturated rings. The molecule has 0 bridgehead atoms. The number of thiocarbonyl (C=S) groups is 1. The van der Waals surface area contributed by atoms with Crippen molar-refractivity contribution in [3.8, 4) is 0 Å². The maximum Gasteiger partial charge on any atom is 0.293 e. The summed E-state index contributed by atoms with van der Waals surface area (Å²) in [6, 6.07) is 13.1. The highest BCUT2D eigenvalue weighted by molar-refractivity contribution is 9.10. The predicted octanol–water partition coefficient (Wildman–Crippen LogP) is 3.41. The molecule has 6 heteroatoms. The van der Waals surface area contributed by atoms with Gasteiger partial charge in [-0.05, 0) is 52.8 Å². The molecule has 2 aromatic rings. The van der Waals surface area contributed by atoms with Crippen LogP contribution in [-0.4, -0.2) is 11.0 Å². The van der Waals surface area contributed by atoms with Gasteiger partial charge in [-0.3, -0.25) is 10.1 Å². The van der Waals surface area contributed by atoms with Gasteiger partial charge in [-0.2, -0.15) is 0 Å². The first-order valence-electron chi connectivity index (χ1n) is 5.98. The van der Waals surface area contributed by atoms with Crippen molar-refractivity contribution in [1.29, 1.82) is 0 Å². The van der Waals surface area contributed by atoms with E-state index >= 15 is 0 Å². The Kier molecular flexibility index (Phi) is 4.92. The Balaban J connectivity index is 1.91. The number of hydrogen-bond acceptors (Lipinski definition) is 3. The molecular weight excluding hydrogens is 340 g/mol. The van der Waals surface area contributed by atoms with Crippen LogP contribution in [0, 0.1) is 0 Å². The van der Waals surface area contributed by atoms with E-state index in [1.807, 2.05) is 37.3 Å². The van der Waals surface area contributed by atoms with E-state index in [0.717, 1.165) is 5.56 Å². The quantitative estimate of drug-likeness (QED) is 0.831. The summed E-state index contributed by atoms with van der Waals surface area (Å²) in [5.41, 5.74) is 1.09. The van der Waals surface area contributed by atoms with Gasteiger partial charge in [0.2, 0.25) is 0 Å². The standard InChI is InChI=1S/C14H13BrN2O2S/c1-9(10-5-3-2-4-6-10)16-14(20)17-13(18)11-7-8-12(15)19-11/h2-9H,1H3,(H2,16,17,18,20). The summed E-state index contributed by atoms with van der Waals surface area (Å²) in [6.07, 6.45) is 0. The molecule has 1 amide bonds. The molecule has 2 N–H and O–H groups in total. The topological polar surface area (TPSA) is 54.3 Å².